The molecule has 7 heteroatoms. The van der Waals surface area contributed by atoms with Crippen molar-refractivity contribution in [2.45, 2.75) is 12.3 Å². The molecule has 3 aromatic rings. The van der Waals surface area contributed by atoms with Crippen molar-refractivity contribution >= 4 is 11.6 Å². The molecule has 0 unspecified atom stereocenters. The van der Waals surface area contributed by atoms with Gasteiger partial charge in [0, 0.05) is 23.1 Å². The first-order chi connectivity index (χ1) is 10.8. The molecule has 0 bridgehead atoms. The van der Waals surface area contributed by atoms with Crippen molar-refractivity contribution in [3.05, 3.63) is 41.2 Å². The van der Waals surface area contributed by atoms with Gasteiger partial charge in [-0.15, -0.1) is 0 Å². The molecule has 0 aliphatic carbocycles. The lowest BCUT2D eigenvalue weighted by atomic mass is 10.1. The third-order valence-electron chi connectivity index (χ3n) is 3.68. The lowest BCUT2D eigenvalue weighted by molar-refractivity contribution is 0.192. The van der Waals surface area contributed by atoms with Crippen LogP contribution >= 0.6 is 11.6 Å². The van der Waals surface area contributed by atoms with Crippen LogP contribution in [0.5, 0.6) is 0 Å². The van der Waals surface area contributed by atoms with Gasteiger partial charge in [-0.2, -0.15) is 10.1 Å². The maximum absolute atomic E-state index is 5.89. The number of H-pyrrole nitrogens is 1. The van der Waals surface area contributed by atoms with Crippen LogP contribution < -0.4 is 0 Å². The third kappa shape index (κ3) is 2.51. The number of halogens is 1. The normalized spacial score (nSPS) is 18.0. The fraction of sp³-hybridized carbons (Fsp3) is 0.267. The van der Waals surface area contributed by atoms with Gasteiger partial charge >= 0.3 is 0 Å². The molecule has 22 heavy (non-hydrogen) atoms. The molecule has 112 valence electrons. The molecule has 0 spiro atoms. The molecule has 1 saturated heterocycles. The lowest BCUT2D eigenvalue weighted by Crippen LogP contribution is -1.99. The highest BCUT2D eigenvalue weighted by Gasteiger charge is 2.24. The smallest absolute Gasteiger partial charge is 0.275 e. The summed E-state index contributed by atoms with van der Waals surface area (Å²) in [5.74, 6) is 1.35. The number of benzene rings is 1. The maximum Gasteiger partial charge on any atom is 0.275 e. The Kier molecular flexibility index (Phi) is 3.40. The van der Waals surface area contributed by atoms with E-state index in [2.05, 4.69) is 20.3 Å². The zero-order chi connectivity index (χ0) is 14.9. The molecule has 1 N–H and O–H groups in total. The zero-order valence-electron chi connectivity index (χ0n) is 11.6. The van der Waals surface area contributed by atoms with Crippen molar-refractivity contribution in [3.8, 4) is 22.8 Å². The molecule has 1 atom stereocenters. The Morgan fingerprint density at radius 3 is 2.86 bits per heavy atom. The summed E-state index contributed by atoms with van der Waals surface area (Å²) in [6.07, 6.45) is 0.929. The summed E-state index contributed by atoms with van der Waals surface area (Å²) in [7, 11) is 0. The van der Waals surface area contributed by atoms with Crippen LogP contribution in [0.25, 0.3) is 22.8 Å². The molecule has 0 radical (unpaired) electrons. The highest BCUT2D eigenvalue weighted by molar-refractivity contribution is 6.30. The molecule has 1 aliphatic heterocycles. The first kappa shape index (κ1) is 13.5. The van der Waals surface area contributed by atoms with Gasteiger partial charge in [0.05, 0.1) is 12.3 Å². The Labute approximate surface area is 131 Å². The van der Waals surface area contributed by atoms with Crippen LogP contribution in [0.4, 0.5) is 0 Å². The van der Waals surface area contributed by atoms with Gasteiger partial charge in [-0.25, -0.2) is 0 Å². The van der Waals surface area contributed by atoms with E-state index in [0.29, 0.717) is 29.0 Å². The fourth-order valence-corrected chi connectivity index (χ4v) is 2.57. The number of aromatic amines is 1. The average molecular weight is 317 g/mol. The standard InChI is InChI=1S/C15H13ClN4O2/c16-11-3-1-9(2-4-11)12-7-13(19-18-12)15-17-14(20-22-15)10-5-6-21-8-10/h1-4,7,10H,5-6,8H2,(H,18,19)/t10-/m0/s1. The average Bonchev–Trinajstić information content (AvgIpc) is 3.27. The van der Waals surface area contributed by atoms with Gasteiger partial charge in [0.15, 0.2) is 5.82 Å². The number of rotatable bonds is 3. The summed E-state index contributed by atoms with van der Waals surface area (Å²) in [6, 6.07) is 9.37. The van der Waals surface area contributed by atoms with Crippen LogP contribution in [0, 0.1) is 0 Å². The van der Waals surface area contributed by atoms with Gasteiger partial charge < -0.3 is 9.26 Å². The second kappa shape index (κ2) is 5.55. The van der Waals surface area contributed by atoms with Crippen LogP contribution in [0.15, 0.2) is 34.9 Å². The summed E-state index contributed by atoms with van der Waals surface area (Å²) in [4.78, 5) is 4.43. The van der Waals surface area contributed by atoms with Gasteiger partial charge in [0.1, 0.15) is 5.69 Å². The quantitative estimate of drug-likeness (QED) is 0.802. The fourth-order valence-electron chi connectivity index (χ4n) is 2.45. The molecule has 0 amide bonds. The maximum atomic E-state index is 5.89. The monoisotopic (exact) mass is 316 g/mol. The summed E-state index contributed by atoms with van der Waals surface area (Å²) >= 11 is 5.89. The van der Waals surface area contributed by atoms with Crippen LogP contribution in [0.3, 0.4) is 0 Å². The summed E-state index contributed by atoms with van der Waals surface area (Å²) in [5.41, 5.74) is 2.47. The third-order valence-corrected chi connectivity index (χ3v) is 3.94. The highest BCUT2D eigenvalue weighted by Crippen LogP contribution is 2.27. The number of ether oxygens (including phenoxy) is 1. The predicted molar refractivity (Wildman–Crippen MR) is 80.5 cm³/mol. The second-order valence-electron chi connectivity index (χ2n) is 5.19. The van der Waals surface area contributed by atoms with E-state index in [4.69, 9.17) is 20.9 Å². The van der Waals surface area contributed by atoms with Gasteiger partial charge in [-0.05, 0) is 24.6 Å². The molecule has 3 heterocycles. The van der Waals surface area contributed by atoms with Crippen LogP contribution in [0.2, 0.25) is 5.02 Å². The van der Waals surface area contributed by atoms with Crippen LogP contribution in [-0.4, -0.2) is 33.6 Å². The number of aromatic nitrogens is 4. The Bertz CT molecular complexity index is 775. The van der Waals surface area contributed by atoms with Crippen LogP contribution in [0.1, 0.15) is 18.2 Å². The summed E-state index contributed by atoms with van der Waals surface area (Å²) in [5, 5.41) is 11.9. The molecule has 4 rings (SSSR count). The molecular formula is C15H13ClN4O2. The van der Waals surface area contributed by atoms with E-state index in [0.717, 1.165) is 24.3 Å². The zero-order valence-corrected chi connectivity index (χ0v) is 12.4. The Morgan fingerprint density at radius 1 is 1.23 bits per heavy atom. The van der Waals surface area contributed by atoms with E-state index in [1.807, 2.05) is 30.3 Å². The molecule has 2 aromatic heterocycles. The van der Waals surface area contributed by atoms with Gasteiger partial charge in [-0.1, -0.05) is 28.9 Å². The number of hydrogen-bond donors (Lipinski definition) is 1. The first-order valence-corrected chi connectivity index (χ1v) is 7.40. The largest absolute Gasteiger partial charge is 0.381 e. The highest BCUT2D eigenvalue weighted by atomic mass is 35.5. The summed E-state index contributed by atoms with van der Waals surface area (Å²) in [6.45, 7) is 1.40. The van der Waals surface area contributed by atoms with Crippen molar-refractivity contribution < 1.29 is 9.26 Å². The van der Waals surface area contributed by atoms with Gasteiger partial charge in [0.25, 0.3) is 5.89 Å². The minimum atomic E-state index is 0.219. The van der Waals surface area contributed by atoms with Crippen molar-refractivity contribution in [1.29, 1.82) is 0 Å². The Hall–Kier alpha value is -2.18. The van der Waals surface area contributed by atoms with E-state index in [-0.39, 0.29) is 5.92 Å². The summed E-state index contributed by atoms with van der Waals surface area (Å²) < 4.78 is 10.7. The van der Waals surface area contributed by atoms with E-state index >= 15 is 0 Å². The van der Waals surface area contributed by atoms with Crippen molar-refractivity contribution in [2.24, 2.45) is 0 Å². The van der Waals surface area contributed by atoms with E-state index in [1.54, 1.807) is 0 Å². The predicted octanol–water partition coefficient (Wildman–Crippen LogP) is 3.28. The lowest BCUT2D eigenvalue weighted by Gasteiger charge is -1.97. The minimum absolute atomic E-state index is 0.219. The van der Waals surface area contributed by atoms with Gasteiger partial charge in [0.2, 0.25) is 0 Å². The molecule has 1 aromatic carbocycles. The first-order valence-electron chi connectivity index (χ1n) is 7.02. The SMILES string of the molecule is Clc1ccc(-c2cc(-c3nc([C@H]4CCOC4)no3)[nH]n2)cc1. The van der Waals surface area contributed by atoms with E-state index in [1.165, 1.54) is 0 Å². The molecule has 1 aliphatic rings. The Morgan fingerprint density at radius 2 is 2.09 bits per heavy atom. The topological polar surface area (TPSA) is 76.8 Å². The number of nitrogens with one attached hydrogen (secondary N) is 1. The van der Waals surface area contributed by atoms with E-state index < -0.39 is 0 Å². The van der Waals surface area contributed by atoms with E-state index in [9.17, 15) is 0 Å². The minimum Gasteiger partial charge on any atom is -0.381 e. The number of hydrogen-bond acceptors (Lipinski definition) is 5. The van der Waals surface area contributed by atoms with Crippen molar-refractivity contribution in [1.82, 2.24) is 20.3 Å². The molecule has 1 fully saturated rings. The van der Waals surface area contributed by atoms with Gasteiger partial charge in [-0.3, -0.25) is 5.10 Å². The number of nitrogens with zero attached hydrogens (tertiary/aromatic N) is 3. The Balaban J connectivity index is 1.59. The van der Waals surface area contributed by atoms with Crippen molar-refractivity contribution in [3.63, 3.8) is 0 Å². The van der Waals surface area contributed by atoms with Crippen molar-refractivity contribution in [2.75, 3.05) is 13.2 Å². The molecule has 6 nitrogen and oxygen atoms in total. The molecule has 0 saturated carbocycles. The van der Waals surface area contributed by atoms with Crippen LogP contribution in [-0.2, 0) is 4.74 Å². The molecular weight excluding hydrogens is 304 g/mol. The second-order valence-corrected chi connectivity index (χ2v) is 5.63.